The van der Waals surface area contributed by atoms with E-state index in [4.69, 9.17) is 10.5 Å². The maximum atomic E-state index is 12.1. The number of rotatable bonds is 6. The van der Waals surface area contributed by atoms with Crippen molar-refractivity contribution < 1.29 is 19.1 Å². The summed E-state index contributed by atoms with van der Waals surface area (Å²) in [6, 6.07) is 8.73. The number of carbonyl (C=O) groups excluding carboxylic acids is 3. The Labute approximate surface area is 134 Å². The van der Waals surface area contributed by atoms with Gasteiger partial charge >= 0.3 is 5.97 Å². The van der Waals surface area contributed by atoms with Crippen LogP contribution in [0.5, 0.6) is 0 Å². The summed E-state index contributed by atoms with van der Waals surface area (Å²) in [7, 11) is 0. The fourth-order valence-corrected chi connectivity index (χ4v) is 2.52. The lowest BCUT2D eigenvalue weighted by Crippen LogP contribution is -2.48. The second kappa shape index (κ2) is 8.28. The van der Waals surface area contributed by atoms with E-state index in [1.807, 2.05) is 30.3 Å². The number of ether oxygens (including phenoxy) is 1. The van der Waals surface area contributed by atoms with E-state index in [1.54, 1.807) is 0 Å². The van der Waals surface area contributed by atoms with Gasteiger partial charge in [-0.3, -0.25) is 14.4 Å². The number of benzene rings is 1. The van der Waals surface area contributed by atoms with E-state index in [-0.39, 0.29) is 31.5 Å². The molecule has 1 aliphatic heterocycles. The highest BCUT2D eigenvalue weighted by atomic mass is 16.5. The second-order valence-corrected chi connectivity index (χ2v) is 5.31. The first kappa shape index (κ1) is 17.0. The van der Waals surface area contributed by atoms with Gasteiger partial charge in [-0.05, 0) is 18.4 Å². The van der Waals surface area contributed by atoms with Gasteiger partial charge in [-0.1, -0.05) is 30.3 Å². The number of amides is 2. The Kier molecular flexibility index (Phi) is 6.10. The Bertz CT molecular complexity index is 562. The van der Waals surface area contributed by atoms with Crippen molar-refractivity contribution in [2.75, 3.05) is 19.6 Å². The number of hydrogen-bond acceptors (Lipinski definition) is 5. The van der Waals surface area contributed by atoms with Crippen molar-refractivity contribution in [2.45, 2.75) is 25.5 Å². The van der Waals surface area contributed by atoms with Crippen LogP contribution in [0.4, 0.5) is 0 Å². The topological polar surface area (TPSA) is 102 Å². The summed E-state index contributed by atoms with van der Waals surface area (Å²) < 4.78 is 5.08. The zero-order valence-corrected chi connectivity index (χ0v) is 12.9. The molecule has 124 valence electrons. The molecule has 1 heterocycles. The van der Waals surface area contributed by atoms with Gasteiger partial charge in [0.15, 0.2) is 0 Å². The maximum absolute atomic E-state index is 12.1. The standard InChI is InChI=1S/C16H21N3O4/c17-9-14(20)19-8-4-7-13(19)16(22)18-10-15(21)23-11-12-5-2-1-3-6-12/h1-3,5-6,13H,4,7-11,17H2,(H,18,22). The molecule has 0 spiro atoms. The lowest BCUT2D eigenvalue weighted by atomic mass is 10.2. The van der Waals surface area contributed by atoms with Gasteiger partial charge in [0.1, 0.15) is 19.2 Å². The van der Waals surface area contributed by atoms with E-state index in [9.17, 15) is 14.4 Å². The number of esters is 1. The van der Waals surface area contributed by atoms with Crippen LogP contribution in [0, 0.1) is 0 Å². The highest BCUT2D eigenvalue weighted by Gasteiger charge is 2.33. The molecule has 0 radical (unpaired) electrons. The van der Waals surface area contributed by atoms with Crippen molar-refractivity contribution in [3.8, 4) is 0 Å². The molecular formula is C16H21N3O4. The fourth-order valence-electron chi connectivity index (χ4n) is 2.52. The predicted octanol–water partition coefficient (Wildman–Crippen LogP) is -0.204. The molecule has 1 unspecified atom stereocenters. The van der Waals surface area contributed by atoms with Crippen LogP contribution in [0.25, 0.3) is 0 Å². The van der Waals surface area contributed by atoms with Crippen molar-refractivity contribution in [1.82, 2.24) is 10.2 Å². The smallest absolute Gasteiger partial charge is 0.325 e. The van der Waals surface area contributed by atoms with E-state index >= 15 is 0 Å². The van der Waals surface area contributed by atoms with Crippen LogP contribution in [0.2, 0.25) is 0 Å². The molecular weight excluding hydrogens is 298 g/mol. The molecule has 2 rings (SSSR count). The summed E-state index contributed by atoms with van der Waals surface area (Å²) in [6.45, 7) is 0.346. The molecule has 0 aliphatic carbocycles. The van der Waals surface area contributed by atoms with Crippen LogP contribution < -0.4 is 11.1 Å². The van der Waals surface area contributed by atoms with Gasteiger partial charge in [-0.2, -0.15) is 0 Å². The third kappa shape index (κ3) is 4.79. The first-order valence-electron chi connectivity index (χ1n) is 7.58. The Balaban J connectivity index is 1.75. The molecule has 1 aromatic carbocycles. The van der Waals surface area contributed by atoms with Crippen molar-refractivity contribution in [3.63, 3.8) is 0 Å². The number of carbonyl (C=O) groups is 3. The molecule has 0 bridgehead atoms. The minimum Gasteiger partial charge on any atom is -0.460 e. The van der Waals surface area contributed by atoms with Gasteiger partial charge in [0.2, 0.25) is 11.8 Å². The summed E-state index contributed by atoms with van der Waals surface area (Å²) in [5, 5.41) is 2.52. The normalized spacial score (nSPS) is 16.9. The van der Waals surface area contributed by atoms with E-state index in [2.05, 4.69) is 5.32 Å². The average molecular weight is 319 g/mol. The molecule has 7 nitrogen and oxygen atoms in total. The van der Waals surface area contributed by atoms with Crippen molar-refractivity contribution >= 4 is 17.8 Å². The highest BCUT2D eigenvalue weighted by Crippen LogP contribution is 2.17. The average Bonchev–Trinajstić information content (AvgIpc) is 3.07. The fraction of sp³-hybridized carbons (Fsp3) is 0.438. The number of likely N-dealkylation sites (tertiary alicyclic amines) is 1. The van der Waals surface area contributed by atoms with Gasteiger partial charge in [0.05, 0.1) is 6.54 Å². The van der Waals surface area contributed by atoms with E-state index < -0.39 is 12.0 Å². The van der Waals surface area contributed by atoms with E-state index in [1.165, 1.54) is 4.90 Å². The second-order valence-electron chi connectivity index (χ2n) is 5.31. The van der Waals surface area contributed by atoms with Gasteiger partial charge < -0.3 is 20.7 Å². The van der Waals surface area contributed by atoms with Crippen molar-refractivity contribution in [3.05, 3.63) is 35.9 Å². The van der Waals surface area contributed by atoms with Gasteiger partial charge in [0, 0.05) is 6.54 Å². The van der Waals surface area contributed by atoms with Crippen LogP contribution in [-0.2, 0) is 25.7 Å². The monoisotopic (exact) mass is 319 g/mol. The third-order valence-electron chi connectivity index (χ3n) is 3.70. The molecule has 1 aromatic rings. The van der Waals surface area contributed by atoms with Gasteiger partial charge in [-0.25, -0.2) is 0 Å². The largest absolute Gasteiger partial charge is 0.460 e. The zero-order chi connectivity index (χ0) is 16.7. The van der Waals surface area contributed by atoms with Crippen molar-refractivity contribution in [1.29, 1.82) is 0 Å². The highest BCUT2D eigenvalue weighted by molar-refractivity contribution is 5.90. The SMILES string of the molecule is NCC(=O)N1CCCC1C(=O)NCC(=O)OCc1ccccc1. The molecule has 23 heavy (non-hydrogen) atoms. The summed E-state index contributed by atoms with van der Waals surface area (Å²) in [5.74, 6) is -1.12. The summed E-state index contributed by atoms with van der Waals surface area (Å²) in [4.78, 5) is 36.9. The summed E-state index contributed by atoms with van der Waals surface area (Å²) in [6.07, 6.45) is 1.33. The minimum atomic E-state index is -0.548. The van der Waals surface area contributed by atoms with Gasteiger partial charge in [0.25, 0.3) is 0 Å². The van der Waals surface area contributed by atoms with Crippen LogP contribution in [0.3, 0.4) is 0 Å². The molecule has 0 aromatic heterocycles. The molecule has 7 heteroatoms. The van der Waals surface area contributed by atoms with E-state index in [0.717, 1.165) is 12.0 Å². The Morgan fingerprint density at radius 3 is 2.70 bits per heavy atom. The lowest BCUT2D eigenvalue weighted by molar-refractivity contribution is -0.145. The molecule has 3 N–H and O–H groups in total. The Morgan fingerprint density at radius 1 is 1.26 bits per heavy atom. The quantitative estimate of drug-likeness (QED) is 0.707. The molecule has 1 saturated heterocycles. The van der Waals surface area contributed by atoms with E-state index in [0.29, 0.717) is 13.0 Å². The Hall–Kier alpha value is -2.41. The third-order valence-corrected chi connectivity index (χ3v) is 3.70. The van der Waals surface area contributed by atoms with Gasteiger partial charge in [-0.15, -0.1) is 0 Å². The number of nitrogens with two attached hydrogens (primary N) is 1. The molecule has 1 aliphatic rings. The van der Waals surface area contributed by atoms with Crippen LogP contribution >= 0.6 is 0 Å². The summed E-state index contributed by atoms with van der Waals surface area (Å²) in [5.41, 5.74) is 6.21. The number of hydrogen-bond donors (Lipinski definition) is 2. The number of nitrogens with one attached hydrogen (secondary N) is 1. The molecule has 0 saturated carbocycles. The minimum absolute atomic E-state index is 0.122. The number of nitrogens with zero attached hydrogens (tertiary/aromatic N) is 1. The maximum Gasteiger partial charge on any atom is 0.325 e. The first-order chi connectivity index (χ1) is 11.1. The zero-order valence-electron chi connectivity index (χ0n) is 12.9. The van der Waals surface area contributed by atoms with Crippen molar-refractivity contribution in [2.24, 2.45) is 5.73 Å². The summed E-state index contributed by atoms with van der Waals surface area (Å²) >= 11 is 0. The van der Waals surface area contributed by atoms with Crippen LogP contribution in [0.15, 0.2) is 30.3 Å². The predicted molar refractivity (Wildman–Crippen MR) is 83.0 cm³/mol. The molecule has 1 fully saturated rings. The Morgan fingerprint density at radius 2 is 2.00 bits per heavy atom. The molecule has 1 atom stereocenters. The van der Waals surface area contributed by atoms with Crippen LogP contribution in [-0.4, -0.2) is 48.4 Å². The lowest BCUT2D eigenvalue weighted by Gasteiger charge is -2.23. The first-order valence-corrected chi connectivity index (χ1v) is 7.58. The van der Waals surface area contributed by atoms with Crippen LogP contribution in [0.1, 0.15) is 18.4 Å². The molecule has 2 amide bonds.